The molecule has 3 rings (SSSR count). The van der Waals surface area contributed by atoms with E-state index in [1.807, 2.05) is 17.5 Å². The Kier molecular flexibility index (Phi) is 5.88. The smallest absolute Gasteiger partial charge is 0.263 e. The quantitative estimate of drug-likeness (QED) is 0.657. The minimum atomic E-state index is -0.437. The van der Waals surface area contributed by atoms with E-state index in [1.54, 1.807) is 19.1 Å². The Bertz CT molecular complexity index is 1040. The summed E-state index contributed by atoms with van der Waals surface area (Å²) >= 11 is 7.29. The molecule has 0 aliphatic heterocycles. The van der Waals surface area contributed by atoms with E-state index in [2.05, 4.69) is 15.6 Å². The van der Waals surface area contributed by atoms with Crippen molar-refractivity contribution >= 4 is 45.0 Å². The van der Waals surface area contributed by atoms with Crippen LogP contribution in [0.4, 0.5) is 0 Å². The fraction of sp³-hybridized carbons (Fsp3) is 0.222. The maximum atomic E-state index is 12.9. The van der Waals surface area contributed by atoms with Crippen LogP contribution in [0.3, 0.4) is 0 Å². The molecule has 27 heavy (non-hydrogen) atoms. The summed E-state index contributed by atoms with van der Waals surface area (Å²) in [6.45, 7) is 1.93. The maximum Gasteiger partial charge on any atom is 0.263 e. The molecule has 0 aliphatic rings. The van der Waals surface area contributed by atoms with E-state index in [1.165, 1.54) is 22.2 Å². The second-order valence-electron chi connectivity index (χ2n) is 5.74. The number of nitrogens with zero attached hydrogens (tertiary/aromatic N) is 2. The number of amides is 2. The summed E-state index contributed by atoms with van der Waals surface area (Å²) < 4.78 is 1.24. The molecular formula is C18H17ClN4O3S. The summed E-state index contributed by atoms with van der Waals surface area (Å²) in [5, 5.41) is 8.00. The molecule has 9 heteroatoms. The van der Waals surface area contributed by atoms with Crippen LogP contribution in [0.5, 0.6) is 0 Å². The van der Waals surface area contributed by atoms with Crippen LogP contribution in [0.25, 0.3) is 21.3 Å². The average molecular weight is 405 g/mol. The molecule has 0 radical (unpaired) electrons. The summed E-state index contributed by atoms with van der Waals surface area (Å²) in [6, 6.07) is 7.17. The Hall–Kier alpha value is -2.71. The summed E-state index contributed by atoms with van der Waals surface area (Å²) in [5.41, 5.74) is 1.29. The van der Waals surface area contributed by atoms with Crippen LogP contribution >= 0.6 is 22.9 Å². The highest BCUT2D eigenvalue weighted by Gasteiger charge is 2.15. The van der Waals surface area contributed by atoms with Gasteiger partial charge in [-0.25, -0.2) is 4.98 Å². The first kappa shape index (κ1) is 19.1. The number of likely N-dealkylation sites (N-methyl/N-ethyl adjacent to an activating group) is 1. The van der Waals surface area contributed by atoms with E-state index in [4.69, 9.17) is 11.6 Å². The van der Waals surface area contributed by atoms with Crippen molar-refractivity contribution in [3.63, 3.8) is 0 Å². The molecule has 0 unspecified atom stereocenters. The van der Waals surface area contributed by atoms with Gasteiger partial charge in [0.05, 0.1) is 18.3 Å². The number of benzene rings is 1. The lowest BCUT2D eigenvalue weighted by Crippen LogP contribution is -2.39. The minimum absolute atomic E-state index is 0.133. The highest BCUT2D eigenvalue weighted by Crippen LogP contribution is 2.31. The van der Waals surface area contributed by atoms with Crippen molar-refractivity contribution < 1.29 is 9.59 Å². The van der Waals surface area contributed by atoms with Crippen molar-refractivity contribution in [3.05, 3.63) is 51.3 Å². The number of halogens is 1. The molecule has 2 amide bonds. The van der Waals surface area contributed by atoms with Crippen LogP contribution in [-0.2, 0) is 16.1 Å². The Morgan fingerprint density at radius 3 is 2.63 bits per heavy atom. The average Bonchev–Trinajstić information content (AvgIpc) is 3.08. The monoisotopic (exact) mass is 404 g/mol. The zero-order valence-corrected chi connectivity index (χ0v) is 16.1. The van der Waals surface area contributed by atoms with Crippen LogP contribution in [0.15, 0.2) is 40.8 Å². The first-order valence-corrected chi connectivity index (χ1v) is 9.51. The van der Waals surface area contributed by atoms with Crippen LogP contribution < -0.4 is 16.2 Å². The molecule has 2 heterocycles. The van der Waals surface area contributed by atoms with E-state index in [-0.39, 0.29) is 24.6 Å². The summed E-state index contributed by atoms with van der Waals surface area (Å²) in [4.78, 5) is 41.2. The summed E-state index contributed by atoms with van der Waals surface area (Å²) in [7, 11) is 0. The van der Waals surface area contributed by atoms with Crippen LogP contribution in [0, 0.1) is 0 Å². The van der Waals surface area contributed by atoms with Crippen molar-refractivity contribution in [2.45, 2.75) is 13.5 Å². The van der Waals surface area contributed by atoms with Crippen molar-refractivity contribution in [2.24, 2.45) is 0 Å². The van der Waals surface area contributed by atoms with Crippen LogP contribution in [0.1, 0.15) is 6.92 Å². The van der Waals surface area contributed by atoms with E-state index in [9.17, 15) is 14.4 Å². The molecule has 2 N–H and O–H groups in total. The Labute approximate surface area is 164 Å². The largest absolute Gasteiger partial charge is 0.355 e. The number of aromatic nitrogens is 2. The Morgan fingerprint density at radius 2 is 1.93 bits per heavy atom. The highest BCUT2D eigenvalue weighted by atomic mass is 35.5. The van der Waals surface area contributed by atoms with Gasteiger partial charge >= 0.3 is 0 Å². The number of carbonyl (C=O) groups is 2. The fourth-order valence-electron chi connectivity index (χ4n) is 2.57. The van der Waals surface area contributed by atoms with Gasteiger partial charge in [-0.15, -0.1) is 11.3 Å². The maximum absolute atomic E-state index is 12.9. The van der Waals surface area contributed by atoms with Gasteiger partial charge < -0.3 is 10.6 Å². The lowest BCUT2D eigenvalue weighted by Gasteiger charge is -2.08. The number of hydrogen-bond acceptors (Lipinski definition) is 5. The molecule has 7 nitrogen and oxygen atoms in total. The predicted octanol–water partition coefficient (Wildman–Crippen LogP) is 2.03. The van der Waals surface area contributed by atoms with Gasteiger partial charge in [0.1, 0.15) is 11.4 Å². The number of rotatable bonds is 6. The Balaban J connectivity index is 1.85. The molecule has 0 spiro atoms. The van der Waals surface area contributed by atoms with Crippen molar-refractivity contribution in [2.75, 3.05) is 13.1 Å². The van der Waals surface area contributed by atoms with E-state index in [0.29, 0.717) is 21.8 Å². The third-order valence-corrected chi connectivity index (χ3v) is 4.99. The highest BCUT2D eigenvalue weighted by molar-refractivity contribution is 7.17. The molecule has 0 bridgehead atoms. The lowest BCUT2D eigenvalue weighted by atomic mass is 10.1. The van der Waals surface area contributed by atoms with E-state index in [0.717, 1.165) is 11.1 Å². The molecule has 0 fully saturated rings. The van der Waals surface area contributed by atoms with Gasteiger partial charge in [0, 0.05) is 22.5 Å². The standard InChI is InChI=1S/C18H17ClN4O3S/c1-2-20-14(24)7-21-15(25)8-23-10-22-17-16(18(23)26)13(9-27-17)11-3-5-12(19)6-4-11/h3-6,9-10H,2,7-8H2,1H3,(H,20,24)(H,21,25). The lowest BCUT2D eigenvalue weighted by molar-refractivity contribution is -0.126. The van der Waals surface area contributed by atoms with Crippen LogP contribution in [-0.4, -0.2) is 34.5 Å². The van der Waals surface area contributed by atoms with Gasteiger partial charge in [0.2, 0.25) is 11.8 Å². The van der Waals surface area contributed by atoms with Gasteiger partial charge in [-0.2, -0.15) is 0 Å². The molecule has 2 aromatic heterocycles. The molecule has 0 atom stereocenters. The van der Waals surface area contributed by atoms with Crippen molar-refractivity contribution in [1.29, 1.82) is 0 Å². The van der Waals surface area contributed by atoms with E-state index < -0.39 is 5.91 Å². The predicted molar refractivity (Wildman–Crippen MR) is 106 cm³/mol. The number of thiophene rings is 1. The van der Waals surface area contributed by atoms with Gasteiger partial charge in [0.15, 0.2) is 0 Å². The van der Waals surface area contributed by atoms with Gasteiger partial charge in [0.25, 0.3) is 5.56 Å². The summed E-state index contributed by atoms with van der Waals surface area (Å²) in [5.74, 6) is -0.720. The normalized spacial score (nSPS) is 10.7. The Morgan fingerprint density at radius 1 is 1.19 bits per heavy atom. The number of carbonyl (C=O) groups excluding carboxylic acids is 2. The van der Waals surface area contributed by atoms with Gasteiger partial charge in [-0.05, 0) is 24.6 Å². The minimum Gasteiger partial charge on any atom is -0.355 e. The number of nitrogens with one attached hydrogen (secondary N) is 2. The first-order valence-electron chi connectivity index (χ1n) is 8.25. The molecule has 0 saturated carbocycles. The SMILES string of the molecule is CCNC(=O)CNC(=O)Cn1cnc2scc(-c3ccc(Cl)cc3)c2c1=O. The summed E-state index contributed by atoms with van der Waals surface area (Å²) in [6.07, 6.45) is 1.35. The third-order valence-electron chi connectivity index (χ3n) is 3.85. The zero-order valence-electron chi connectivity index (χ0n) is 14.5. The number of fused-ring (bicyclic) bond motifs is 1. The van der Waals surface area contributed by atoms with Crippen LogP contribution in [0.2, 0.25) is 5.02 Å². The first-order chi connectivity index (χ1) is 13.0. The molecular weight excluding hydrogens is 388 g/mol. The van der Waals surface area contributed by atoms with Crippen molar-refractivity contribution in [3.8, 4) is 11.1 Å². The fourth-order valence-corrected chi connectivity index (χ4v) is 3.60. The third kappa shape index (κ3) is 4.35. The molecule has 0 aliphatic carbocycles. The van der Waals surface area contributed by atoms with Gasteiger partial charge in [-0.1, -0.05) is 23.7 Å². The number of hydrogen-bond donors (Lipinski definition) is 2. The topological polar surface area (TPSA) is 93.1 Å². The second-order valence-corrected chi connectivity index (χ2v) is 7.04. The molecule has 1 aromatic carbocycles. The zero-order chi connectivity index (χ0) is 19.4. The molecule has 0 saturated heterocycles. The van der Waals surface area contributed by atoms with Crippen molar-refractivity contribution in [1.82, 2.24) is 20.2 Å². The second kappa shape index (κ2) is 8.32. The van der Waals surface area contributed by atoms with Gasteiger partial charge in [-0.3, -0.25) is 19.0 Å². The van der Waals surface area contributed by atoms with E-state index >= 15 is 0 Å². The molecule has 140 valence electrons. The molecule has 3 aromatic rings.